The standard InChI is InChI=1S/C22H27F3O2.C13H9F3O.C12H9ClO/c23-22(24,25)27-20-14-10-13-19(17-20)21-15-8-7-12-18(21)11-6-4-2-1-3-5-9-16-26;14-13(15,16)11-6-4-9(5-7-11)10-2-1-3-12(17)8-10;13-11-6-4-9(5-7-11)10-2-1-3-12(14)8-10/h7-8,10,12-15,17,26H,1-6,9,11,16H2;1-8,17H;1-8,14H. The third kappa shape index (κ3) is 15.8. The second-order valence-corrected chi connectivity index (χ2v) is 13.8. The lowest BCUT2D eigenvalue weighted by Crippen LogP contribution is -2.17. The first-order chi connectivity index (χ1) is 27.7. The lowest BCUT2D eigenvalue weighted by atomic mass is 9.95. The predicted octanol–water partition coefficient (Wildman–Crippen LogP) is 14.3. The Balaban J connectivity index is 0.000000205. The van der Waals surface area contributed by atoms with Crippen LogP contribution in [0.3, 0.4) is 0 Å². The molecule has 4 nitrogen and oxygen atoms in total. The third-order valence-corrected chi connectivity index (χ3v) is 9.17. The zero-order valence-electron chi connectivity index (χ0n) is 31.6. The van der Waals surface area contributed by atoms with Crippen molar-refractivity contribution in [3.05, 3.63) is 162 Å². The summed E-state index contributed by atoms with van der Waals surface area (Å²) in [4.78, 5) is 0. The van der Waals surface area contributed by atoms with Gasteiger partial charge in [0.05, 0.1) is 5.56 Å². The largest absolute Gasteiger partial charge is 0.573 e. The zero-order chi connectivity index (χ0) is 42.0. The van der Waals surface area contributed by atoms with Crippen molar-refractivity contribution < 1.29 is 46.4 Å². The molecule has 0 fully saturated rings. The van der Waals surface area contributed by atoms with Crippen LogP contribution in [0.25, 0.3) is 33.4 Å². The second kappa shape index (κ2) is 22.5. The molecule has 0 radical (unpaired) electrons. The van der Waals surface area contributed by atoms with Gasteiger partial charge >= 0.3 is 12.5 Å². The van der Waals surface area contributed by atoms with Crippen LogP contribution >= 0.6 is 11.6 Å². The molecule has 0 amide bonds. The number of rotatable bonds is 13. The smallest absolute Gasteiger partial charge is 0.508 e. The molecule has 0 aromatic heterocycles. The molecular formula is C47H45ClF6O4. The van der Waals surface area contributed by atoms with Gasteiger partial charge in [0.15, 0.2) is 0 Å². The van der Waals surface area contributed by atoms with Crippen molar-refractivity contribution in [2.45, 2.75) is 63.9 Å². The van der Waals surface area contributed by atoms with E-state index >= 15 is 0 Å². The summed E-state index contributed by atoms with van der Waals surface area (Å²) in [5.74, 6) is 0.164. The number of halogens is 7. The number of aliphatic hydroxyl groups is 1. The quantitative estimate of drug-likeness (QED) is 0.0801. The molecule has 0 bridgehead atoms. The molecule has 58 heavy (non-hydrogen) atoms. The van der Waals surface area contributed by atoms with Crippen molar-refractivity contribution >= 4 is 11.6 Å². The number of hydrogen-bond acceptors (Lipinski definition) is 4. The Morgan fingerprint density at radius 1 is 0.483 bits per heavy atom. The second-order valence-electron chi connectivity index (χ2n) is 13.4. The molecule has 0 spiro atoms. The van der Waals surface area contributed by atoms with Crippen LogP contribution in [-0.4, -0.2) is 28.3 Å². The fraction of sp³-hybridized carbons (Fsp3) is 0.234. The van der Waals surface area contributed by atoms with Crippen molar-refractivity contribution in [2.75, 3.05) is 6.61 Å². The summed E-state index contributed by atoms with van der Waals surface area (Å²) >= 11 is 5.78. The molecule has 6 aromatic carbocycles. The van der Waals surface area contributed by atoms with E-state index < -0.39 is 18.1 Å². The molecule has 11 heteroatoms. The van der Waals surface area contributed by atoms with Gasteiger partial charge in [0.2, 0.25) is 0 Å². The van der Waals surface area contributed by atoms with E-state index in [9.17, 15) is 36.6 Å². The summed E-state index contributed by atoms with van der Waals surface area (Å²) in [5, 5.41) is 28.1. The normalized spacial score (nSPS) is 11.2. The number of hydrogen-bond donors (Lipinski definition) is 3. The number of unbranched alkanes of at least 4 members (excludes halogenated alkanes) is 6. The van der Waals surface area contributed by atoms with E-state index in [0.29, 0.717) is 16.1 Å². The van der Waals surface area contributed by atoms with Gasteiger partial charge < -0.3 is 20.1 Å². The van der Waals surface area contributed by atoms with E-state index in [-0.39, 0.29) is 23.9 Å². The highest BCUT2D eigenvalue weighted by Gasteiger charge is 2.31. The minimum atomic E-state index is -4.69. The van der Waals surface area contributed by atoms with Crippen LogP contribution in [0.1, 0.15) is 56.1 Å². The van der Waals surface area contributed by atoms with Crippen LogP contribution in [-0.2, 0) is 12.6 Å². The third-order valence-electron chi connectivity index (χ3n) is 8.92. The highest BCUT2D eigenvalue weighted by Crippen LogP contribution is 2.33. The fourth-order valence-electron chi connectivity index (χ4n) is 6.06. The summed E-state index contributed by atoms with van der Waals surface area (Å²) in [7, 11) is 0. The van der Waals surface area contributed by atoms with Crippen molar-refractivity contribution in [2.24, 2.45) is 0 Å². The van der Waals surface area contributed by atoms with E-state index in [4.69, 9.17) is 16.7 Å². The van der Waals surface area contributed by atoms with E-state index in [1.807, 2.05) is 66.7 Å². The molecule has 6 rings (SSSR count). The van der Waals surface area contributed by atoms with Gasteiger partial charge in [0, 0.05) is 11.6 Å². The first-order valence-electron chi connectivity index (χ1n) is 18.8. The number of alkyl halides is 6. The molecular weight excluding hydrogens is 778 g/mol. The van der Waals surface area contributed by atoms with Crippen molar-refractivity contribution in [1.82, 2.24) is 0 Å². The van der Waals surface area contributed by atoms with Crippen LogP contribution in [0, 0.1) is 0 Å². The maximum atomic E-state index is 12.5. The van der Waals surface area contributed by atoms with E-state index in [1.165, 1.54) is 49.2 Å². The van der Waals surface area contributed by atoms with Crippen molar-refractivity contribution in [3.8, 4) is 50.6 Å². The average Bonchev–Trinajstić information content (AvgIpc) is 3.19. The Labute approximate surface area is 340 Å². The SMILES string of the molecule is OCCCCCCCCCc1ccccc1-c1cccc(OC(F)(F)F)c1.Oc1cccc(-c2ccc(C(F)(F)F)cc2)c1.Oc1cccc(-c2ccc(Cl)cc2)c1. The molecule has 0 saturated carbocycles. The van der Waals surface area contributed by atoms with Gasteiger partial charge in [-0.3, -0.25) is 0 Å². The Kier molecular flexibility index (Phi) is 17.5. The van der Waals surface area contributed by atoms with Crippen LogP contribution in [0.2, 0.25) is 5.02 Å². The lowest BCUT2D eigenvalue weighted by molar-refractivity contribution is -0.274. The first kappa shape index (κ1) is 45.3. The van der Waals surface area contributed by atoms with Gasteiger partial charge in [-0.2, -0.15) is 13.2 Å². The van der Waals surface area contributed by atoms with Crippen LogP contribution in [0.15, 0.2) is 146 Å². The minimum Gasteiger partial charge on any atom is -0.508 e. The van der Waals surface area contributed by atoms with E-state index in [0.717, 1.165) is 78.5 Å². The predicted molar refractivity (Wildman–Crippen MR) is 219 cm³/mol. The monoisotopic (exact) mass is 822 g/mol. The first-order valence-corrected chi connectivity index (χ1v) is 19.2. The molecule has 0 aliphatic heterocycles. The summed E-state index contributed by atoms with van der Waals surface area (Å²) < 4.78 is 78.5. The Morgan fingerprint density at radius 2 is 0.983 bits per heavy atom. The number of ether oxygens (including phenoxy) is 1. The molecule has 0 atom stereocenters. The van der Waals surface area contributed by atoms with Gasteiger partial charge in [-0.25, -0.2) is 0 Å². The number of phenols is 2. The number of aliphatic hydroxyl groups excluding tert-OH is 1. The van der Waals surface area contributed by atoms with E-state index in [2.05, 4.69) is 4.74 Å². The number of aryl methyl sites for hydroxylation is 1. The minimum absolute atomic E-state index is 0.0856. The van der Waals surface area contributed by atoms with Gasteiger partial charge in [0.25, 0.3) is 0 Å². The maximum absolute atomic E-state index is 12.5. The molecule has 0 saturated heterocycles. The average molecular weight is 823 g/mol. The molecule has 0 aliphatic rings. The number of phenolic OH excluding ortho intramolecular Hbond substituents is 2. The van der Waals surface area contributed by atoms with E-state index in [1.54, 1.807) is 30.3 Å². The van der Waals surface area contributed by atoms with Gasteiger partial charge in [-0.1, -0.05) is 129 Å². The lowest BCUT2D eigenvalue weighted by Gasteiger charge is -2.13. The summed E-state index contributed by atoms with van der Waals surface area (Å²) in [5.41, 5.74) is 5.49. The van der Waals surface area contributed by atoms with Crippen LogP contribution < -0.4 is 4.74 Å². The molecule has 0 aliphatic carbocycles. The maximum Gasteiger partial charge on any atom is 0.573 e. The summed E-state index contributed by atoms with van der Waals surface area (Å²) in [6, 6.07) is 39.9. The molecule has 0 unspecified atom stereocenters. The van der Waals surface area contributed by atoms with Crippen LogP contribution in [0.5, 0.6) is 17.2 Å². The Morgan fingerprint density at radius 3 is 1.52 bits per heavy atom. The van der Waals surface area contributed by atoms with Gasteiger partial charge in [-0.15, -0.1) is 13.2 Å². The highest BCUT2D eigenvalue weighted by molar-refractivity contribution is 6.30. The van der Waals surface area contributed by atoms with Crippen LogP contribution in [0.4, 0.5) is 26.3 Å². The molecule has 0 heterocycles. The van der Waals surface area contributed by atoms with Gasteiger partial charge in [-0.05, 0) is 119 Å². The molecule has 3 N–H and O–H groups in total. The molecule has 6 aromatic rings. The van der Waals surface area contributed by atoms with Gasteiger partial charge in [0.1, 0.15) is 17.2 Å². The topological polar surface area (TPSA) is 69.9 Å². The van der Waals surface area contributed by atoms with Crippen molar-refractivity contribution in [1.29, 1.82) is 0 Å². The highest BCUT2D eigenvalue weighted by atomic mass is 35.5. The number of benzene rings is 6. The summed E-state index contributed by atoms with van der Waals surface area (Å²) in [6.07, 6.45) is -0.464. The fourth-order valence-corrected chi connectivity index (χ4v) is 6.18. The number of aromatic hydroxyl groups is 2. The summed E-state index contributed by atoms with van der Waals surface area (Å²) in [6.45, 7) is 0.270. The van der Waals surface area contributed by atoms with Crippen molar-refractivity contribution in [3.63, 3.8) is 0 Å². The Hall–Kier alpha value is -5.45. The Bertz CT molecular complexity index is 2120. The zero-order valence-corrected chi connectivity index (χ0v) is 32.4. The molecule has 306 valence electrons.